The molecule has 0 aliphatic carbocycles. The van der Waals surface area contributed by atoms with Crippen molar-refractivity contribution < 1.29 is 19.5 Å². The molecule has 5 atom stereocenters. The van der Waals surface area contributed by atoms with Crippen LogP contribution in [0.4, 0.5) is 5.69 Å². The summed E-state index contributed by atoms with van der Waals surface area (Å²) >= 11 is 1.59. The molecule has 2 saturated heterocycles. The largest absolute Gasteiger partial charge is 0.396 e. The van der Waals surface area contributed by atoms with Crippen molar-refractivity contribution in [2.45, 2.75) is 29.0 Å². The van der Waals surface area contributed by atoms with Gasteiger partial charge in [0.15, 0.2) is 0 Å². The van der Waals surface area contributed by atoms with E-state index in [1.54, 1.807) is 21.6 Å². The van der Waals surface area contributed by atoms with Crippen LogP contribution >= 0.6 is 11.8 Å². The maximum atomic E-state index is 14.6. The lowest BCUT2D eigenvalue weighted by Gasteiger charge is -2.35. The van der Waals surface area contributed by atoms with Gasteiger partial charge in [-0.1, -0.05) is 85.0 Å². The lowest BCUT2D eigenvalue weighted by Crippen LogP contribution is -2.53. The Balaban J connectivity index is 1.27. The molecule has 2 fully saturated rings. The van der Waals surface area contributed by atoms with Crippen LogP contribution in [0.5, 0.6) is 0 Å². The minimum atomic E-state index is -0.875. The van der Waals surface area contributed by atoms with E-state index in [-0.39, 0.29) is 36.1 Å². The van der Waals surface area contributed by atoms with Crippen molar-refractivity contribution in [1.82, 2.24) is 9.80 Å². The molecule has 3 amide bonds. The number of anilines is 1. The summed E-state index contributed by atoms with van der Waals surface area (Å²) in [6.45, 7) is 1.51. The highest BCUT2D eigenvalue weighted by Crippen LogP contribution is 2.61. The van der Waals surface area contributed by atoms with Crippen LogP contribution in [0.25, 0.3) is 10.8 Å². The van der Waals surface area contributed by atoms with Crippen molar-refractivity contribution in [2.24, 2.45) is 11.8 Å². The van der Waals surface area contributed by atoms with Crippen LogP contribution < -0.4 is 4.90 Å². The summed E-state index contributed by atoms with van der Waals surface area (Å²) in [7, 11) is 0. The molecule has 3 aromatic carbocycles. The summed E-state index contributed by atoms with van der Waals surface area (Å²) in [5, 5.41) is 11.6. The molecule has 7 nitrogen and oxygen atoms in total. The first-order valence-corrected chi connectivity index (χ1v) is 15.5. The van der Waals surface area contributed by atoms with Crippen LogP contribution in [-0.2, 0) is 20.9 Å². The number of thioether (sulfide) groups is 1. The average Bonchev–Trinajstić information content (AvgIpc) is 3.33. The van der Waals surface area contributed by atoms with Crippen molar-refractivity contribution in [3.63, 3.8) is 0 Å². The molecule has 1 unspecified atom stereocenters. The van der Waals surface area contributed by atoms with Crippen LogP contribution in [0.2, 0.25) is 0 Å². The molecule has 3 aromatic rings. The maximum absolute atomic E-state index is 14.6. The molecule has 214 valence electrons. The maximum Gasteiger partial charge on any atom is 0.251 e. The number of carbonyl (C=O) groups is 3. The highest BCUT2D eigenvalue weighted by molar-refractivity contribution is 8.02. The summed E-state index contributed by atoms with van der Waals surface area (Å²) in [4.78, 5) is 48.4. The van der Waals surface area contributed by atoms with Gasteiger partial charge in [0.1, 0.15) is 6.04 Å². The van der Waals surface area contributed by atoms with Gasteiger partial charge in [-0.15, -0.1) is 11.8 Å². The van der Waals surface area contributed by atoms with E-state index in [1.807, 2.05) is 95.9 Å². The molecule has 0 saturated carbocycles. The van der Waals surface area contributed by atoms with Crippen molar-refractivity contribution in [3.8, 4) is 0 Å². The van der Waals surface area contributed by atoms with E-state index in [9.17, 15) is 19.5 Å². The van der Waals surface area contributed by atoms with Crippen molar-refractivity contribution >= 4 is 45.9 Å². The lowest BCUT2D eigenvalue weighted by atomic mass is 9.78. The molecule has 4 heterocycles. The molecule has 0 aromatic heterocycles. The number of fused-ring (bicyclic) bond motifs is 3. The predicted octanol–water partition coefficient (Wildman–Crippen LogP) is 4.02. The fourth-order valence-corrected chi connectivity index (χ4v) is 9.20. The highest BCUT2D eigenvalue weighted by Gasteiger charge is 2.70. The van der Waals surface area contributed by atoms with Gasteiger partial charge in [-0.25, -0.2) is 0 Å². The average molecular weight is 580 g/mol. The number of hydrogen-bond donors (Lipinski definition) is 1. The number of benzene rings is 3. The van der Waals surface area contributed by atoms with Gasteiger partial charge in [-0.2, -0.15) is 0 Å². The van der Waals surface area contributed by atoms with Crippen LogP contribution in [-0.4, -0.2) is 74.9 Å². The summed E-state index contributed by atoms with van der Waals surface area (Å²) < 4.78 is -0.875. The van der Waals surface area contributed by atoms with Crippen LogP contribution in [0.15, 0.2) is 97.1 Å². The highest BCUT2D eigenvalue weighted by atomic mass is 32.2. The van der Waals surface area contributed by atoms with Gasteiger partial charge in [0, 0.05) is 43.7 Å². The molecular formula is C34H33N3O4S. The Hall–Kier alpha value is -3.88. The second-order valence-electron chi connectivity index (χ2n) is 11.5. The third kappa shape index (κ3) is 4.27. The second kappa shape index (κ2) is 10.7. The Bertz CT molecular complexity index is 1610. The Labute approximate surface area is 249 Å². The first-order valence-electron chi connectivity index (χ1n) is 14.6. The summed E-state index contributed by atoms with van der Waals surface area (Å²) in [6, 6.07) is 23.2. The molecule has 1 N–H and O–H groups in total. The van der Waals surface area contributed by atoms with E-state index < -0.39 is 22.6 Å². The fraction of sp³-hybridized carbons (Fsp3) is 0.324. The Morgan fingerprint density at radius 1 is 0.857 bits per heavy atom. The van der Waals surface area contributed by atoms with Gasteiger partial charge < -0.3 is 19.8 Å². The van der Waals surface area contributed by atoms with Gasteiger partial charge in [-0.3, -0.25) is 14.4 Å². The molecule has 8 heteroatoms. The first-order chi connectivity index (χ1) is 20.5. The topological polar surface area (TPSA) is 81.2 Å². The number of nitrogens with zero attached hydrogens (tertiary/aromatic N) is 3. The number of aliphatic hydroxyl groups excluding tert-OH is 1. The third-order valence-corrected chi connectivity index (χ3v) is 10.8. The molecule has 7 rings (SSSR count). The second-order valence-corrected chi connectivity index (χ2v) is 13.0. The molecule has 0 radical (unpaired) electrons. The zero-order chi connectivity index (χ0) is 28.8. The molecule has 42 heavy (non-hydrogen) atoms. The summed E-state index contributed by atoms with van der Waals surface area (Å²) in [5.74, 6) is -1.60. The van der Waals surface area contributed by atoms with Crippen LogP contribution in [0, 0.1) is 11.8 Å². The summed E-state index contributed by atoms with van der Waals surface area (Å²) in [5.41, 5.74) is 1.81. The lowest BCUT2D eigenvalue weighted by molar-refractivity contribution is -0.143. The monoisotopic (exact) mass is 579 g/mol. The number of carbonyl (C=O) groups excluding carboxylic acids is 3. The van der Waals surface area contributed by atoms with Gasteiger partial charge in [0.25, 0.3) is 5.91 Å². The minimum Gasteiger partial charge on any atom is -0.396 e. The molecule has 4 aliphatic rings. The Kier molecular flexibility index (Phi) is 6.91. The van der Waals surface area contributed by atoms with Crippen molar-refractivity contribution in [3.05, 3.63) is 103 Å². The van der Waals surface area contributed by atoms with E-state index in [0.29, 0.717) is 26.1 Å². The number of likely N-dealkylation sites (tertiary alicyclic amines) is 1. The zero-order valence-electron chi connectivity index (χ0n) is 23.2. The van der Waals surface area contributed by atoms with Gasteiger partial charge in [-0.05, 0) is 34.9 Å². The Morgan fingerprint density at radius 3 is 2.45 bits per heavy atom. The van der Waals surface area contributed by atoms with E-state index in [0.717, 1.165) is 22.0 Å². The summed E-state index contributed by atoms with van der Waals surface area (Å²) in [6.07, 6.45) is 8.50. The van der Waals surface area contributed by atoms with Crippen molar-refractivity contribution in [2.75, 3.05) is 31.1 Å². The van der Waals surface area contributed by atoms with E-state index >= 15 is 0 Å². The van der Waals surface area contributed by atoms with E-state index in [2.05, 4.69) is 6.08 Å². The van der Waals surface area contributed by atoms with Crippen LogP contribution in [0.3, 0.4) is 0 Å². The Morgan fingerprint density at radius 2 is 1.64 bits per heavy atom. The van der Waals surface area contributed by atoms with Gasteiger partial charge >= 0.3 is 0 Å². The minimum absolute atomic E-state index is 0.0455. The number of amides is 3. The van der Waals surface area contributed by atoms with Gasteiger partial charge in [0.2, 0.25) is 11.8 Å². The standard InChI is InChI=1S/C34H33N3O4S/c38-20-8-19-37-30-33(41)36(26-15-14-24-11-4-5-12-25(24)21-26)18-7-16-34(30)29(32(37)40)28-27(42-34)13-6-17-35(31(28)39)22-23-9-2-1-3-10-23/h1-7,9-16,21,27-30,38H,8,17-20,22H2/t27-,28+,29-,30?,34-/m0/s1. The predicted molar refractivity (Wildman–Crippen MR) is 165 cm³/mol. The van der Waals surface area contributed by atoms with E-state index in [4.69, 9.17) is 0 Å². The first kappa shape index (κ1) is 27.0. The molecule has 1 spiro atoms. The van der Waals surface area contributed by atoms with Gasteiger partial charge in [0.05, 0.1) is 16.6 Å². The van der Waals surface area contributed by atoms with E-state index in [1.165, 1.54) is 0 Å². The third-order valence-electron chi connectivity index (χ3n) is 9.06. The van der Waals surface area contributed by atoms with Crippen LogP contribution in [0.1, 0.15) is 12.0 Å². The smallest absolute Gasteiger partial charge is 0.251 e. The quantitative estimate of drug-likeness (QED) is 0.447. The molecular weight excluding hydrogens is 546 g/mol. The SMILES string of the molecule is O=C1[C@@H]2[C@H](C=CCN1Cc1ccccc1)S[C@]13C=CCN(c4ccc5ccccc5c4)C(=O)C1N(CCCO)C(=O)[C@H]23. The molecule has 0 bridgehead atoms. The normalized spacial score (nSPS) is 28.6. The number of rotatable bonds is 6. The van der Waals surface area contributed by atoms with Crippen molar-refractivity contribution in [1.29, 1.82) is 0 Å². The zero-order valence-corrected chi connectivity index (χ0v) is 24.0. The fourth-order valence-electron chi connectivity index (χ4n) is 7.19. The number of aliphatic hydroxyl groups is 1. The molecule has 4 aliphatic heterocycles. The number of hydrogen-bond acceptors (Lipinski definition) is 5.